The third kappa shape index (κ3) is 3.37. The highest BCUT2D eigenvalue weighted by Crippen LogP contribution is 2.31. The average Bonchev–Trinajstić information content (AvgIpc) is 2.91. The van der Waals surface area contributed by atoms with Gasteiger partial charge in [-0.25, -0.2) is 4.79 Å². The SMILES string of the molecule is C=CCNC(=O)N[C@H]1[C@H](O)[C@@H](N(CC)CC)[C@@H]2OC[C@H]1O2. The van der Waals surface area contributed by atoms with Crippen LogP contribution in [-0.2, 0) is 9.47 Å². The molecule has 2 fully saturated rings. The Kier molecular flexibility index (Phi) is 5.58. The number of aliphatic hydroxyl groups excluding tert-OH is 1. The van der Waals surface area contributed by atoms with Gasteiger partial charge in [0, 0.05) is 6.54 Å². The summed E-state index contributed by atoms with van der Waals surface area (Å²) in [5.41, 5.74) is 0. The van der Waals surface area contributed by atoms with Crippen molar-refractivity contribution >= 4 is 6.03 Å². The van der Waals surface area contributed by atoms with Gasteiger partial charge in [0.2, 0.25) is 0 Å². The zero-order valence-electron chi connectivity index (χ0n) is 12.6. The zero-order chi connectivity index (χ0) is 15.4. The number of nitrogens with zero attached hydrogens (tertiary/aromatic N) is 1. The van der Waals surface area contributed by atoms with E-state index < -0.39 is 18.4 Å². The van der Waals surface area contributed by atoms with Crippen LogP contribution in [0.1, 0.15) is 13.8 Å². The van der Waals surface area contributed by atoms with Crippen LogP contribution < -0.4 is 10.6 Å². The van der Waals surface area contributed by atoms with E-state index in [4.69, 9.17) is 9.47 Å². The van der Waals surface area contributed by atoms with Gasteiger partial charge in [-0.05, 0) is 13.1 Å². The molecule has 3 N–H and O–H groups in total. The first kappa shape index (κ1) is 16.2. The van der Waals surface area contributed by atoms with E-state index in [-0.39, 0.29) is 18.2 Å². The third-order valence-corrected chi connectivity index (χ3v) is 4.07. The molecule has 21 heavy (non-hydrogen) atoms. The van der Waals surface area contributed by atoms with E-state index in [0.29, 0.717) is 13.2 Å². The minimum absolute atomic E-state index is 0.275. The van der Waals surface area contributed by atoms with Gasteiger partial charge >= 0.3 is 6.03 Å². The number of ether oxygens (including phenoxy) is 2. The maximum absolute atomic E-state index is 11.8. The number of aliphatic hydroxyl groups is 1. The van der Waals surface area contributed by atoms with E-state index >= 15 is 0 Å². The molecule has 0 saturated carbocycles. The van der Waals surface area contributed by atoms with Crippen LogP contribution in [0, 0.1) is 0 Å². The lowest BCUT2D eigenvalue weighted by Gasteiger charge is -2.43. The number of carbonyl (C=O) groups excluding carboxylic acids is 1. The predicted octanol–water partition coefficient (Wildman–Crippen LogP) is -0.333. The summed E-state index contributed by atoms with van der Waals surface area (Å²) >= 11 is 0. The first-order valence-corrected chi connectivity index (χ1v) is 7.46. The quantitative estimate of drug-likeness (QED) is 0.585. The number of hydrogen-bond donors (Lipinski definition) is 3. The van der Waals surface area contributed by atoms with Crippen LogP contribution in [0.5, 0.6) is 0 Å². The molecule has 2 rings (SSSR count). The van der Waals surface area contributed by atoms with Gasteiger partial charge in [-0.2, -0.15) is 0 Å². The summed E-state index contributed by atoms with van der Waals surface area (Å²) in [6.07, 6.45) is 0.122. The highest BCUT2D eigenvalue weighted by atomic mass is 16.7. The summed E-state index contributed by atoms with van der Waals surface area (Å²) in [7, 11) is 0. The zero-order valence-corrected chi connectivity index (χ0v) is 12.6. The Labute approximate surface area is 125 Å². The molecular formula is C14H25N3O4. The van der Waals surface area contributed by atoms with Gasteiger partial charge in [0.05, 0.1) is 24.8 Å². The number of likely N-dealkylation sites (N-methyl/N-ethyl adjacent to an activating group) is 1. The Balaban J connectivity index is 2.06. The van der Waals surface area contributed by atoms with Crippen molar-refractivity contribution in [1.29, 1.82) is 0 Å². The average molecular weight is 299 g/mol. The third-order valence-electron chi connectivity index (χ3n) is 4.07. The number of nitrogens with one attached hydrogen (secondary N) is 2. The van der Waals surface area contributed by atoms with Crippen molar-refractivity contribution in [2.75, 3.05) is 26.2 Å². The van der Waals surface area contributed by atoms with Crippen molar-refractivity contribution in [3.8, 4) is 0 Å². The molecule has 5 atom stereocenters. The lowest BCUT2D eigenvalue weighted by atomic mass is 9.95. The summed E-state index contributed by atoms with van der Waals surface area (Å²) in [5, 5.41) is 16.1. The summed E-state index contributed by atoms with van der Waals surface area (Å²) in [6.45, 7) is 9.91. The van der Waals surface area contributed by atoms with E-state index in [0.717, 1.165) is 13.1 Å². The van der Waals surface area contributed by atoms with Gasteiger partial charge in [0.1, 0.15) is 6.10 Å². The molecule has 7 nitrogen and oxygen atoms in total. The van der Waals surface area contributed by atoms with E-state index in [1.54, 1.807) is 6.08 Å². The van der Waals surface area contributed by atoms with E-state index in [2.05, 4.69) is 22.1 Å². The van der Waals surface area contributed by atoms with Crippen molar-refractivity contribution in [2.45, 2.75) is 44.4 Å². The van der Waals surface area contributed by atoms with Crippen LogP contribution in [0.25, 0.3) is 0 Å². The molecule has 2 aliphatic heterocycles. The van der Waals surface area contributed by atoms with Gasteiger partial charge in [-0.15, -0.1) is 6.58 Å². The number of urea groups is 1. The number of rotatable bonds is 6. The molecule has 0 aromatic rings. The molecule has 120 valence electrons. The standard InChI is InChI=1S/C14H25N3O4/c1-4-7-15-14(19)16-10-9-8-20-13(21-9)11(12(10)18)17(5-2)6-3/h4,9-13,18H,1,5-8H2,2-3H3,(H2,15,16,19)/t9-,10-,11-,12+,13-/m1/s1. The van der Waals surface area contributed by atoms with Crippen LogP contribution in [0.15, 0.2) is 12.7 Å². The Morgan fingerprint density at radius 3 is 2.81 bits per heavy atom. The van der Waals surface area contributed by atoms with Gasteiger partial charge in [0.15, 0.2) is 6.29 Å². The number of amides is 2. The lowest BCUT2D eigenvalue weighted by molar-refractivity contribution is -0.179. The summed E-state index contributed by atoms with van der Waals surface area (Å²) < 4.78 is 11.4. The smallest absolute Gasteiger partial charge is 0.315 e. The summed E-state index contributed by atoms with van der Waals surface area (Å²) in [6, 6.07) is -1.10. The Hall–Kier alpha value is -1.15. The maximum atomic E-state index is 11.8. The van der Waals surface area contributed by atoms with E-state index in [9.17, 15) is 9.90 Å². The molecular weight excluding hydrogens is 274 g/mol. The highest BCUT2D eigenvalue weighted by Gasteiger charge is 2.52. The fourth-order valence-corrected chi connectivity index (χ4v) is 2.98. The fraction of sp³-hybridized carbons (Fsp3) is 0.786. The monoisotopic (exact) mass is 299 g/mol. The molecule has 0 aromatic carbocycles. The molecule has 2 heterocycles. The molecule has 2 amide bonds. The van der Waals surface area contributed by atoms with Gasteiger partial charge in [-0.3, -0.25) is 4.90 Å². The van der Waals surface area contributed by atoms with Crippen LogP contribution in [0.3, 0.4) is 0 Å². The first-order valence-electron chi connectivity index (χ1n) is 7.46. The Bertz CT molecular complexity index is 373. The Morgan fingerprint density at radius 1 is 1.48 bits per heavy atom. The number of hydrogen-bond acceptors (Lipinski definition) is 5. The number of carbonyl (C=O) groups is 1. The van der Waals surface area contributed by atoms with Crippen LogP contribution >= 0.6 is 0 Å². The summed E-state index contributed by atoms with van der Waals surface area (Å²) in [5.74, 6) is 0. The molecule has 7 heteroatoms. The van der Waals surface area contributed by atoms with Crippen LogP contribution in [-0.4, -0.2) is 72.9 Å². The molecule has 2 aliphatic rings. The Morgan fingerprint density at radius 2 is 2.19 bits per heavy atom. The second-order valence-corrected chi connectivity index (χ2v) is 5.25. The largest absolute Gasteiger partial charge is 0.389 e. The van der Waals surface area contributed by atoms with E-state index in [1.807, 2.05) is 13.8 Å². The van der Waals surface area contributed by atoms with Gasteiger partial charge in [-0.1, -0.05) is 19.9 Å². The van der Waals surface area contributed by atoms with Crippen molar-refractivity contribution in [1.82, 2.24) is 15.5 Å². The first-order chi connectivity index (χ1) is 10.1. The van der Waals surface area contributed by atoms with E-state index in [1.165, 1.54) is 0 Å². The number of fused-ring (bicyclic) bond motifs is 2. The van der Waals surface area contributed by atoms with Crippen molar-refractivity contribution in [2.24, 2.45) is 0 Å². The van der Waals surface area contributed by atoms with Crippen molar-refractivity contribution in [3.63, 3.8) is 0 Å². The normalized spacial score (nSPS) is 34.8. The molecule has 0 aliphatic carbocycles. The minimum atomic E-state index is -0.731. The molecule has 0 aromatic heterocycles. The molecule has 0 radical (unpaired) electrons. The molecule has 0 spiro atoms. The predicted molar refractivity (Wildman–Crippen MR) is 77.8 cm³/mol. The topological polar surface area (TPSA) is 83.1 Å². The summed E-state index contributed by atoms with van der Waals surface area (Å²) in [4.78, 5) is 13.9. The van der Waals surface area contributed by atoms with Crippen molar-refractivity contribution < 1.29 is 19.4 Å². The lowest BCUT2D eigenvalue weighted by Crippen LogP contribution is -2.65. The maximum Gasteiger partial charge on any atom is 0.315 e. The second-order valence-electron chi connectivity index (χ2n) is 5.25. The highest BCUT2D eigenvalue weighted by molar-refractivity contribution is 5.74. The molecule has 0 unspecified atom stereocenters. The van der Waals surface area contributed by atoms with Gasteiger partial charge < -0.3 is 25.2 Å². The minimum Gasteiger partial charge on any atom is -0.389 e. The van der Waals surface area contributed by atoms with Gasteiger partial charge in [0.25, 0.3) is 0 Å². The molecule has 2 saturated heterocycles. The second kappa shape index (κ2) is 7.22. The van der Waals surface area contributed by atoms with Crippen LogP contribution in [0.4, 0.5) is 4.79 Å². The van der Waals surface area contributed by atoms with Crippen LogP contribution in [0.2, 0.25) is 0 Å². The van der Waals surface area contributed by atoms with Crippen molar-refractivity contribution in [3.05, 3.63) is 12.7 Å². The fourth-order valence-electron chi connectivity index (χ4n) is 2.98. The molecule has 2 bridgehead atoms.